The number of aromatic nitrogens is 4. The predicted octanol–water partition coefficient (Wildman–Crippen LogP) is 4.30. The molecule has 4 aromatic rings. The first-order chi connectivity index (χ1) is 14.4. The van der Waals surface area contributed by atoms with Crippen LogP contribution < -0.4 is 10.2 Å². The number of rotatable bonds is 5. The maximum atomic E-state index is 4.80. The van der Waals surface area contributed by atoms with E-state index in [9.17, 15) is 0 Å². The molecule has 1 saturated heterocycles. The highest BCUT2D eigenvalue weighted by Gasteiger charge is 2.14. The third-order valence-corrected chi connectivity index (χ3v) is 5.22. The fourth-order valence-corrected chi connectivity index (χ4v) is 3.71. The van der Waals surface area contributed by atoms with Crippen LogP contribution in [0.15, 0.2) is 67.1 Å². The molecular weight excluding hydrogens is 360 g/mol. The van der Waals surface area contributed by atoms with Crippen molar-refractivity contribution in [2.24, 2.45) is 0 Å². The first-order valence-corrected chi connectivity index (χ1v) is 9.98. The summed E-state index contributed by atoms with van der Waals surface area (Å²) in [5, 5.41) is 4.52. The standard InChI is InChI=1S/C23H22N6/c1-2-8-20-19(7-1)23(28-22(27-20)18-6-5-10-24-16-18)26-15-17-9-11-25-21(14-17)29-12-3-4-13-29/h1-2,5-11,14,16H,3-4,12-13,15H2,(H,26,27,28). The molecule has 0 unspecified atom stereocenters. The fraction of sp³-hybridized carbons (Fsp3) is 0.217. The van der Waals surface area contributed by atoms with Crippen molar-refractivity contribution in [1.82, 2.24) is 19.9 Å². The van der Waals surface area contributed by atoms with E-state index < -0.39 is 0 Å². The van der Waals surface area contributed by atoms with Gasteiger partial charge in [-0.15, -0.1) is 0 Å². The number of nitrogens with one attached hydrogen (secondary N) is 1. The number of para-hydroxylation sites is 1. The first-order valence-electron chi connectivity index (χ1n) is 9.98. The Morgan fingerprint density at radius 1 is 0.931 bits per heavy atom. The number of nitrogens with zero attached hydrogens (tertiary/aromatic N) is 5. The zero-order valence-electron chi connectivity index (χ0n) is 16.1. The summed E-state index contributed by atoms with van der Waals surface area (Å²) >= 11 is 0. The number of pyridine rings is 2. The smallest absolute Gasteiger partial charge is 0.163 e. The lowest BCUT2D eigenvalue weighted by atomic mass is 10.2. The molecule has 6 nitrogen and oxygen atoms in total. The van der Waals surface area contributed by atoms with Crippen molar-refractivity contribution in [2.45, 2.75) is 19.4 Å². The van der Waals surface area contributed by atoms with Gasteiger partial charge in [0.1, 0.15) is 11.6 Å². The molecule has 1 fully saturated rings. The van der Waals surface area contributed by atoms with Crippen LogP contribution in [0.3, 0.4) is 0 Å². The van der Waals surface area contributed by atoms with Crippen LogP contribution in [-0.2, 0) is 6.54 Å². The second kappa shape index (κ2) is 7.83. The summed E-state index contributed by atoms with van der Waals surface area (Å²) in [7, 11) is 0. The van der Waals surface area contributed by atoms with Gasteiger partial charge in [-0.3, -0.25) is 4.98 Å². The van der Waals surface area contributed by atoms with Gasteiger partial charge in [-0.2, -0.15) is 0 Å². The molecule has 3 aromatic heterocycles. The zero-order chi connectivity index (χ0) is 19.5. The third-order valence-electron chi connectivity index (χ3n) is 5.22. The minimum Gasteiger partial charge on any atom is -0.365 e. The van der Waals surface area contributed by atoms with Crippen molar-refractivity contribution in [3.63, 3.8) is 0 Å². The Bertz CT molecular complexity index is 1120. The van der Waals surface area contributed by atoms with Crippen molar-refractivity contribution in [3.05, 3.63) is 72.7 Å². The van der Waals surface area contributed by atoms with Crippen LogP contribution in [-0.4, -0.2) is 33.0 Å². The van der Waals surface area contributed by atoms with Crippen LogP contribution in [0, 0.1) is 0 Å². The number of fused-ring (bicyclic) bond motifs is 1. The quantitative estimate of drug-likeness (QED) is 0.555. The summed E-state index contributed by atoms with van der Waals surface area (Å²) < 4.78 is 0. The van der Waals surface area contributed by atoms with E-state index >= 15 is 0 Å². The van der Waals surface area contributed by atoms with Gasteiger partial charge in [0, 0.05) is 49.2 Å². The Kier molecular flexibility index (Phi) is 4.74. The topological polar surface area (TPSA) is 66.8 Å². The molecular formula is C23H22N6. The number of hydrogen-bond acceptors (Lipinski definition) is 6. The Morgan fingerprint density at radius 2 is 1.83 bits per heavy atom. The highest BCUT2D eigenvalue weighted by Crippen LogP contribution is 2.25. The summed E-state index contributed by atoms with van der Waals surface area (Å²) in [5.41, 5.74) is 3.00. The van der Waals surface area contributed by atoms with Gasteiger partial charge in [-0.05, 0) is 54.8 Å². The highest BCUT2D eigenvalue weighted by atomic mass is 15.2. The zero-order valence-corrected chi connectivity index (χ0v) is 16.1. The average molecular weight is 382 g/mol. The van der Waals surface area contributed by atoms with Crippen molar-refractivity contribution in [3.8, 4) is 11.4 Å². The van der Waals surface area contributed by atoms with E-state index in [-0.39, 0.29) is 0 Å². The van der Waals surface area contributed by atoms with Crippen LogP contribution in [0.2, 0.25) is 0 Å². The molecule has 1 N–H and O–H groups in total. The predicted molar refractivity (Wildman–Crippen MR) is 116 cm³/mol. The highest BCUT2D eigenvalue weighted by molar-refractivity contribution is 5.90. The molecule has 1 aliphatic rings. The SMILES string of the molecule is c1cncc(-c2nc(NCc3ccnc(N4CCCC4)c3)c3ccccc3n2)c1. The molecule has 6 heteroatoms. The minimum absolute atomic E-state index is 0.673. The van der Waals surface area contributed by atoms with Gasteiger partial charge in [0.05, 0.1) is 5.52 Å². The fourth-order valence-electron chi connectivity index (χ4n) is 3.71. The number of anilines is 2. The molecule has 1 aliphatic heterocycles. The summed E-state index contributed by atoms with van der Waals surface area (Å²) in [6, 6.07) is 16.2. The molecule has 0 bridgehead atoms. The van der Waals surface area contributed by atoms with E-state index in [4.69, 9.17) is 9.97 Å². The molecule has 0 atom stereocenters. The van der Waals surface area contributed by atoms with Crippen LogP contribution in [0.4, 0.5) is 11.6 Å². The third kappa shape index (κ3) is 3.74. The van der Waals surface area contributed by atoms with Gasteiger partial charge in [0.15, 0.2) is 5.82 Å². The van der Waals surface area contributed by atoms with Crippen molar-refractivity contribution in [2.75, 3.05) is 23.3 Å². The number of benzene rings is 1. The van der Waals surface area contributed by atoms with E-state index in [0.717, 1.165) is 41.2 Å². The largest absolute Gasteiger partial charge is 0.365 e. The molecule has 0 saturated carbocycles. The van der Waals surface area contributed by atoms with Crippen LogP contribution >= 0.6 is 0 Å². The Labute approximate surface area is 169 Å². The minimum atomic E-state index is 0.673. The van der Waals surface area contributed by atoms with Crippen LogP contribution in [0.1, 0.15) is 18.4 Å². The lowest BCUT2D eigenvalue weighted by molar-refractivity contribution is 0.931. The Morgan fingerprint density at radius 3 is 2.69 bits per heavy atom. The Balaban J connectivity index is 1.45. The maximum Gasteiger partial charge on any atom is 0.163 e. The van der Waals surface area contributed by atoms with E-state index in [1.54, 1.807) is 12.4 Å². The molecule has 4 heterocycles. The van der Waals surface area contributed by atoms with E-state index in [1.165, 1.54) is 18.4 Å². The lowest BCUT2D eigenvalue weighted by Crippen LogP contribution is -2.19. The number of hydrogen-bond donors (Lipinski definition) is 1. The van der Waals surface area contributed by atoms with Gasteiger partial charge in [0.25, 0.3) is 0 Å². The van der Waals surface area contributed by atoms with Crippen molar-refractivity contribution in [1.29, 1.82) is 0 Å². The van der Waals surface area contributed by atoms with Crippen molar-refractivity contribution < 1.29 is 0 Å². The summed E-state index contributed by atoms with van der Waals surface area (Å²) in [4.78, 5) is 20.6. The first kappa shape index (κ1) is 17.6. The molecule has 5 rings (SSSR count). The van der Waals surface area contributed by atoms with E-state index in [0.29, 0.717) is 12.4 Å². The Hall–Kier alpha value is -3.54. The summed E-state index contributed by atoms with van der Waals surface area (Å²) in [6.07, 6.45) is 7.93. The van der Waals surface area contributed by atoms with Crippen molar-refractivity contribution >= 4 is 22.5 Å². The van der Waals surface area contributed by atoms with Crippen LogP contribution in [0.5, 0.6) is 0 Å². The van der Waals surface area contributed by atoms with Gasteiger partial charge < -0.3 is 10.2 Å². The van der Waals surface area contributed by atoms with Crippen LogP contribution in [0.25, 0.3) is 22.3 Å². The van der Waals surface area contributed by atoms with Gasteiger partial charge >= 0.3 is 0 Å². The monoisotopic (exact) mass is 382 g/mol. The van der Waals surface area contributed by atoms with E-state index in [2.05, 4.69) is 32.3 Å². The second-order valence-electron chi connectivity index (χ2n) is 7.22. The molecule has 0 aliphatic carbocycles. The second-order valence-corrected chi connectivity index (χ2v) is 7.22. The molecule has 0 spiro atoms. The maximum absolute atomic E-state index is 4.80. The molecule has 144 valence electrons. The average Bonchev–Trinajstić information content (AvgIpc) is 3.33. The molecule has 0 amide bonds. The van der Waals surface area contributed by atoms with Gasteiger partial charge in [-0.25, -0.2) is 15.0 Å². The summed E-state index contributed by atoms with van der Waals surface area (Å²) in [5.74, 6) is 2.56. The van der Waals surface area contributed by atoms with Gasteiger partial charge in [-0.1, -0.05) is 12.1 Å². The van der Waals surface area contributed by atoms with Gasteiger partial charge in [0.2, 0.25) is 0 Å². The normalized spacial score (nSPS) is 13.7. The molecule has 0 radical (unpaired) electrons. The molecule has 1 aromatic carbocycles. The lowest BCUT2D eigenvalue weighted by Gasteiger charge is -2.17. The van der Waals surface area contributed by atoms with E-state index in [1.807, 2.05) is 42.6 Å². The summed E-state index contributed by atoms with van der Waals surface area (Å²) in [6.45, 7) is 2.86. The molecule has 29 heavy (non-hydrogen) atoms.